The number of benzene rings is 1. The van der Waals surface area contributed by atoms with E-state index in [4.69, 9.17) is 0 Å². The zero-order valence-electron chi connectivity index (χ0n) is 21.7. The molecule has 0 bridgehead atoms. The van der Waals surface area contributed by atoms with E-state index in [9.17, 15) is 27.2 Å². The number of ether oxygens (including phenoxy) is 1. The van der Waals surface area contributed by atoms with Gasteiger partial charge in [-0.15, -0.1) is 10.2 Å². The molecule has 0 spiro atoms. The summed E-state index contributed by atoms with van der Waals surface area (Å²) in [6.45, 7) is 0.338. The Labute approximate surface area is 230 Å². The van der Waals surface area contributed by atoms with Crippen LogP contribution in [0.1, 0.15) is 45.6 Å². The first-order chi connectivity index (χ1) is 19.6. The third-order valence-corrected chi connectivity index (χ3v) is 5.51. The highest BCUT2D eigenvalue weighted by molar-refractivity contribution is 5.92. The minimum Gasteiger partial charge on any atom is -0.433 e. The molecule has 0 aliphatic carbocycles. The molecule has 16 heteroatoms. The van der Waals surface area contributed by atoms with Crippen LogP contribution in [0.15, 0.2) is 55.0 Å². The number of amides is 2. The van der Waals surface area contributed by atoms with E-state index in [1.807, 2.05) is 0 Å². The molecule has 3 heterocycles. The maximum atomic E-state index is 14.6. The fraction of sp³-hybridized carbons (Fsp3) is 0.320. The molecule has 1 unspecified atom stereocenters. The number of alkyl halides is 3. The van der Waals surface area contributed by atoms with Crippen molar-refractivity contribution in [3.8, 4) is 5.75 Å². The number of carbonyl (C=O) groups excluding carboxylic acids is 2. The summed E-state index contributed by atoms with van der Waals surface area (Å²) in [7, 11) is 0. The van der Waals surface area contributed by atoms with Crippen molar-refractivity contribution >= 4 is 11.8 Å². The molecule has 0 saturated carbocycles. The van der Waals surface area contributed by atoms with Gasteiger partial charge >= 0.3 is 6.11 Å². The first kappa shape index (κ1) is 29.1. The monoisotopic (exact) mass is 575 g/mol. The Hall–Kier alpha value is -4.89. The van der Waals surface area contributed by atoms with Crippen LogP contribution in [0, 0.1) is 5.82 Å². The number of nitrogens with zero attached hydrogens (tertiary/aromatic N) is 7. The summed E-state index contributed by atoms with van der Waals surface area (Å²) in [4.78, 5) is 28.7. The van der Waals surface area contributed by atoms with Gasteiger partial charge in [-0.2, -0.15) is 8.78 Å². The molecule has 41 heavy (non-hydrogen) atoms. The Balaban J connectivity index is 1.22. The zero-order chi connectivity index (χ0) is 29.4. The maximum Gasteiger partial charge on any atom is 0.394 e. The molecule has 2 amide bonds. The number of hydrogen-bond acceptors (Lipinski definition) is 8. The van der Waals surface area contributed by atoms with E-state index in [0.29, 0.717) is 12.6 Å². The largest absolute Gasteiger partial charge is 0.433 e. The van der Waals surface area contributed by atoms with Crippen LogP contribution in [0.5, 0.6) is 5.75 Å². The average molecular weight is 576 g/mol. The topological polar surface area (TPSA) is 142 Å². The third kappa shape index (κ3) is 8.81. The number of rotatable bonds is 13. The van der Waals surface area contributed by atoms with Gasteiger partial charge in [0.2, 0.25) is 0 Å². The molecule has 1 aromatic carbocycles. The van der Waals surface area contributed by atoms with Crippen LogP contribution in [0.3, 0.4) is 0 Å². The van der Waals surface area contributed by atoms with Crippen LogP contribution in [-0.2, 0) is 26.2 Å². The first-order valence-electron chi connectivity index (χ1n) is 12.3. The molecule has 1 atom stereocenters. The van der Waals surface area contributed by atoms with Gasteiger partial charge in [-0.05, 0) is 30.3 Å². The third-order valence-electron chi connectivity index (χ3n) is 5.51. The number of hydrogen-bond donors (Lipinski definition) is 2. The van der Waals surface area contributed by atoms with Gasteiger partial charge in [0.05, 0.1) is 31.2 Å². The van der Waals surface area contributed by atoms with Crippen molar-refractivity contribution in [2.24, 2.45) is 0 Å². The van der Waals surface area contributed by atoms with E-state index in [-0.39, 0.29) is 55.3 Å². The van der Waals surface area contributed by atoms with E-state index < -0.39 is 29.9 Å². The number of carbonyl (C=O) groups is 2. The fourth-order valence-corrected chi connectivity index (χ4v) is 3.56. The highest BCUT2D eigenvalue weighted by atomic mass is 19.3. The predicted molar refractivity (Wildman–Crippen MR) is 134 cm³/mol. The molecule has 0 fully saturated rings. The summed E-state index contributed by atoms with van der Waals surface area (Å²) in [5.74, 6) is -2.16. The van der Waals surface area contributed by atoms with Gasteiger partial charge in [-0.25, -0.2) is 13.5 Å². The number of pyridine rings is 1. The van der Waals surface area contributed by atoms with Crippen LogP contribution in [0.2, 0.25) is 0 Å². The number of aromatic nitrogens is 7. The first-order valence-corrected chi connectivity index (χ1v) is 12.3. The Morgan fingerprint density at radius 3 is 2.37 bits per heavy atom. The SMILES string of the molecule is CC(F)(F)Oc1ccc(F)c(CNC(=O)c2cn(CCC(F)Cn3cc(C(=O)NCc4ccccn4)nn3)nn2)c1. The molecule has 0 aliphatic heterocycles. The Kier molecular flexibility index (Phi) is 9.21. The number of nitrogens with one attached hydrogen (secondary N) is 2. The van der Waals surface area contributed by atoms with Crippen molar-refractivity contribution in [3.05, 3.63) is 83.5 Å². The number of aryl methyl sites for hydroxylation is 1. The molecule has 0 saturated heterocycles. The van der Waals surface area contributed by atoms with Gasteiger partial charge in [0.15, 0.2) is 11.4 Å². The van der Waals surface area contributed by atoms with E-state index in [0.717, 1.165) is 18.2 Å². The van der Waals surface area contributed by atoms with Gasteiger partial charge < -0.3 is 15.4 Å². The second kappa shape index (κ2) is 13.0. The molecular formula is C25H25F4N9O3. The van der Waals surface area contributed by atoms with Gasteiger partial charge in [0.25, 0.3) is 11.8 Å². The van der Waals surface area contributed by atoms with Crippen LogP contribution < -0.4 is 15.4 Å². The highest BCUT2D eigenvalue weighted by Gasteiger charge is 2.24. The van der Waals surface area contributed by atoms with E-state index >= 15 is 0 Å². The quantitative estimate of drug-likeness (QED) is 0.232. The molecule has 3 aromatic heterocycles. The summed E-state index contributed by atoms with van der Waals surface area (Å²) >= 11 is 0. The lowest BCUT2D eigenvalue weighted by atomic mass is 10.2. The summed E-state index contributed by atoms with van der Waals surface area (Å²) < 4.78 is 61.6. The summed E-state index contributed by atoms with van der Waals surface area (Å²) in [6, 6.07) is 8.36. The molecule has 0 aliphatic rings. The van der Waals surface area contributed by atoms with Crippen molar-refractivity contribution in [1.82, 2.24) is 45.6 Å². The van der Waals surface area contributed by atoms with Crippen LogP contribution >= 0.6 is 0 Å². The van der Waals surface area contributed by atoms with Crippen molar-refractivity contribution in [1.29, 1.82) is 0 Å². The van der Waals surface area contributed by atoms with Gasteiger partial charge in [-0.1, -0.05) is 16.5 Å². The smallest absolute Gasteiger partial charge is 0.394 e. The standard InChI is InChI=1S/C25H25F4N9O3/c1-25(28,29)41-19-5-6-20(27)16(10-19)11-31-23(39)21-14-37(35-33-21)9-7-17(26)13-38-15-22(34-36-38)24(40)32-12-18-4-2-3-8-30-18/h2-6,8,10,14-15,17H,7,9,11-13H2,1H3,(H,31,39)(H,32,40). The van der Waals surface area contributed by atoms with Gasteiger partial charge in [0, 0.05) is 38.2 Å². The fourth-order valence-electron chi connectivity index (χ4n) is 3.56. The Bertz CT molecular complexity index is 1470. The van der Waals surface area contributed by atoms with E-state index in [2.05, 4.69) is 41.0 Å². The van der Waals surface area contributed by atoms with Crippen LogP contribution in [0.4, 0.5) is 17.6 Å². The summed E-state index contributed by atoms with van der Waals surface area (Å²) in [6.07, 6.45) is -0.617. The van der Waals surface area contributed by atoms with Gasteiger partial charge in [0.1, 0.15) is 17.7 Å². The predicted octanol–water partition coefficient (Wildman–Crippen LogP) is 2.68. The minimum absolute atomic E-state index is 0.00838. The molecule has 4 aromatic rings. The minimum atomic E-state index is -3.45. The Morgan fingerprint density at radius 2 is 1.68 bits per heavy atom. The van der Waals surface area contributed by atoms with Crippen molar-refractivity contribution in [3.63, 3.8) is 0 Å². The lowest BCUT2D eigenvalue weighted by molar-refractivity contribution is -0.159. The molecule has 216 valence electrons. The Morgan fingerprint density at radius 1 is 1.00 bits per heavy atom. The van der Waals surface area contributed by atoms with Crippen LogP contribution in [0.25, 0.3) is 0 Å². The van der Waals surface area contributed by atoms with Crippen molar-refractivity contribution < 1.29 is 31.9 Å². The second-order valence-electron chi connectivity index (χ2n) is 8.93. The van der Waals surface area contributed by atoms with Crippen molar-refractivity contribution in [2.45, 2.75) is 51.8 Å². The molecule has 4 rings (SSSR count). The number of halogens is 4. The zero-order valence-corrected chi connectivity index (χ0v) is 21.7. The maximum absolute atomic E-state index is 14.6. The van der Waals surface area contributed by atoms with Crippen molar-refractivity contribution in [2.75, 3.05) is 0 Å². The van der Waals surface area contributed by atoms with Gasteiger partial charge in [-0.3, -0.25) is 19.3 Å². The highest BCUT2D eigenvalue weighted by Crippen LogP contribution is 2.23. The molecular weight excluding hydrogens is 550 g/mol. The van der Waals surface area contributed by atoms with E-state index in [1.54, 1.807) is 24.4 Å². The normalized spacial score (nSPS) is 12.1. The summed E-state index contributed by atoms with van der Waals surface area (Å²) in [5, 5.41) is 20.1. The molecule has 0 radical (unpaired) electrons. The van der Waals surface area contributed by atoms with Crippen LogP contribution in [-0.4, -0.2) is 59.1 Å². The molecule has 12 nitrogen and oxygen atoms in total. The lowest BCUT2D eigenvalue weighted by Gasteiger charge is -2.14. The van der Waals surface area contributed by atoms with E-state index in [1.165, 1.54) is 21.8 Å². The molecule has 2 N–H and O–H groups in total. The average Bonchev–Trinajstić information content (AvgIpc) is 3.60. The summed E-state index contributed by atoms with van der Waals surface area (Å²) in [5.41, 5.74) is 0.518. The lowest BCUT2D eigenvalue weighted by Crippen LogP contribution is -2.24. The second-order valence-corrected chi connectivity index (χ2v) is 8.93.